The molecular weight excluding hydrogens is 472 g/mol. The van der Waals surface area contributed by atoms with E-state index in [0.29, 0.717) is 25.7 Å². The van der Waals surface area contributed by atoms with Crippen LogP contribution in [0.15, 0.2) is 0 Å². The van der Waals surface area contributed by atoms with E-state index in [1.165, 1.54) is 0 Å². The van der Waals surface area contributed by atoms with Crippen molar-refractivity contribution in [2.24, 2.45) is 0 Å². The molecule has 0 bridgehead atoms. The zero-order chi connectivity index (χ0) is 22.6. The van der Waals surface area contributed by atoms with Crippen molar-refractivity contribution in [1.29, 1.82) is 0 Å². The quantitative estimate of drug-likeness (QED) is 0.279. The molecule has 3 nitrogen and oxygen atoms in total. The monoisotopic (exact) mass is 514 g/mol. The van der Waals surface area contributed by atoms with Gasteiger partial charge >= 0.3 is 0 Å². The van der Waals surface area contributed by atoms with E-state index in [9.17, 15) is 9.13 Å². The smallest absolute Gasteiger partial charge is 0.275 e. The van der Waals surface area contributed by atoms with Gasteiger partial charge in [-0.2, -0.15) is 8.39 Å². The number of rotatable bonds is 4. The van der Waals surface area contributed by atoms with Crippen LogP contribution in [0.25, 0.3) is 0 Å². The third-order valence-corrected chi connectivity index (χ3v) is 67.3. The summed E-state index contributed by atoms with van der Waals surface area (Å²) in [5, 5.41) is -1.45. The summed E-state index contributed by atoms with van der Waals surface area (Å²) in [6.07, 6.45) is 8.44. The van der Waals surface area contributed by atoms with Gasteiger partial charge in [-0.05, 0) is 51.7 Å². The van der Waals surface area contributed by atoms with Crippen LogP contribution in [0.5, 0.6) is 0 Å². The van der Waals surface area contributed by atoms with E-state index in [1.54, 1.807) is 6.92 Å². The fraction of sp³-hybridized carbons (Fsp3) is 1.00. The normalized spacial score (nSPS) is 39.7. The molecule has 0 radical (unpaired) electrons. The van der Waals surface area contributed by atoms with Crippen LogP contribution in [-0.2, 0) is 13.6 Å². The maximum atomic E-state index is 16.7. The van der Waals surface area contributed by atoms with Crippen molar-refractivity contribution in [1.82, 2.24) is 0 Å². The van der Waals surface area contributed by atoms with Crippen molar-refractivity contribution < 1.29 is 21.9 Å². The summed E-state index contributed by atoms with van der Waals surface area (Å²) in [7, 11) is -16.2. The minimum Gasteiger partial charge on any atom is -0.406 e. The zero-order valence-corrected chi connectivity index (χ0v) is 24.6. The maximum absolute atomic E-state index is 16.7. The highest BCUT2D eigenvalue weighted by Gasteiger charge is 2.75. The van der Waals surface area contributed by atoms with E-state index in [2.05, 4.69) is 26.2 Å². The molecule has 30 heavy (non-hydrogen) atoms. The van der Waals surface area contributed by atoms with Gasteiger partial charge in [-0.15, -0.1) is 0 Å². The van der Waals surface area contributed by atoms with Crippen LogP contribution in [0.1, 0.15) is 71.1 Å². The summed E-state index contributed by atoms with van der Waals surface area (Å²) in [6, 6.07) is 0.143. The summed E-state index contributed by atoms with van der Waals surface area (Å²) in [5.74, 6) is 0. The van der Waals surface area contributed by atoms with Crippen LogP contribution in [0.3, 0.4) is 0 Å². The minimum absolute atomic E-state index is 0.143. The number of hydrogen-bond acceptors (Lipinski definition) is 3. The van der Waals surface area contributed by atoms with Gasteiger partial charge in [0.2, 0.25) is 7.00 Å². The Morgan fingerprint density at radius 1 is 0.800 bits per heavy atom. The number of hydrogen-bond donors (Lipinski definition) is 0. The van der Waals surface area contributed by atoms with Crippen LogP contribution in [0, 0.1) is 0 Å². The molecule has 3 fully saturated rings. The van der Waals surface area contributed by atoms with Gasteiger partial charge in [-0.3, -0.25) is 9.13 Å². The van der Waals surface area contributed by atoms with Gasteiger partial charge in [0.15, 0.2) is 15.1 Å². The molecule has 176 valence electrons. The molecule has 2 aliphatic carbocycles. The second-order valence-electron chi connectivity index (χ2n) is 11.6. The van der Waals surface area contributed by atoms with Crippen LogP contribution in [0.2, 0.25) is 38.8 Å². The molecule has 1 saturated heterocycles. The molecule has 0 aromatic carbocycles. The predicted octanol–water partition coefficient (Wildman–Crippen LogP) is 8.54. The van der Waals surface area contributed by atoms with Crippen molar-refractivity contribution in [2.45, 2.75) is 127 Å². The van der Waals surface area contributed by atoms with Crippen LogP contribution < -0.4 is 0 Å². The first-order valence-electron chi connectivity index (χ1n) is 11.9. The SMILES string of the molecule is CC1(P(=O)(F)C2CCCCC2)C[Si](C)(P(=O)(F)C2CCCCC2)[Si](C)(C)[Si](C)(C)O1. The Morgan fingerprint density at radius 2 is 1.23 bits per heavy atom. The lowest BCUT2D eigenvalue weighted by molar-refractivity contribution is 0.171. The molecule has 0 spiro atoms. The van der Waals surface area contributed by atoms with Gasteiger partial charge in [0.25, 0.3) is 7.45 Å². The Labute approximate surface area is 185 Å². The Hall–Kier alpha value is 0.931. The average molecular weight is 515 g/mol. The second kappa shape index (κ2) is 8.30. The topological polar surface area (TPSA) is 43.4 Å². The molecule has 1 heterocycles. The zero-order valence-electron chi connectivity index (χ0n) is 19.8. The lowest BCUT2D eigenvalue weighted by Crippen LogP contribution is -2.79. The molecule has 1 aliphatic heterocycles. The van der Waals surface area contributed by atoms with E-state index in [4.69, 9.17) is 4.43 Å². The molecule has 10 heteroatoms. The third-order valence-electron chi connectivity index (χ3n) is 9.41. The third kappa shape index (κ3) is 3.81. The van der Waals surface area contributed by atoms with E-state index in [-0.39, 0.29) is 11.7 Å². The van der Waals surface area contributed by atoms with E-state index in [1.807, 2.05) is 6.55 Å². The second-order valence-corrected chi connectivity index (χ2v) is 47.7. The van der Waals surface area contributed by atoms with Gasteiger partial charge in [0.05, 0.1) is 7.11 Å². The van der Waals surface area contributed by atoms with Crippen LogP contribution in [-0.4, -0.2) is 38.9 Å². The fourth-order valence-corrected chi connectivity index (χ4v) is 67.4. The van der Waals surface area contributed by atoms with Gasteiger partial charge in [0.1, 0.15) is 5.34 Å². The van der Waals surface area contributed by atoms with Gasteiger partial charge in [-0.1, -0.05) is 58.2 Å². The summed E-state index contributed by atoms with van der Waals surface area (Å²) in [4.78, 5) is 0. The van der Waals surface area contributed by atoms with Gasteiger partial charge in [-0.25, -0.2) is 0 Å². The summed E-state index contributed by atoms with van der Waals surface area (Å²) in [6.45, 7) is 12.1. The summed E-state index contributed by atoms with van der Waals surface area (Å²) in [5.41, 5.74) is -0.841. The van der Waals surface area contributed by atoms with Gasteiger partial charge < -0.3 is 4.43 Å². The van der Waals surface area contributed by atoms with E-state index >= 15 is 8.39 Å². The van der Waals surface area contributed by atoms with Crippen molar-refractivity contribution in [3.05, 3.63) is 0 Å². The van der Waals surface area contributed by atoms with Crippen LogP contribution in [0.4, 0.5) is 8.39 Å². The summed E-state index contributed by atoms with van der Waals surface area (Å²) >= 11 is 0. The van der Waals surface area contributed by atoms with E-state index < -0.39 is 47.7 Å². The highest BCUT2D eigenvalue weighted by molar-refractivity contribution is 8.12. The number of halogens is 2. The molecular formula is C20H42F2O3P2Si3. The molecule has 0 amide bonds. The highest BCUT2D eigenvalue weighted by Crippen LogP contribution is 2.77. The minimum atomic E-state index is -4.20. The fourth-order valence-electron chi connectivity index (χ4n) is 6.50. The Balaban J connectivity index is 2.07. The Morgan fingerprint density at radius 3 is 1.70 bits per heavy atom. The first-order valence-corrected chi connectivity index (χ1v) is 26.7. The molecule has 0 N–H and O–H groups in total. The van der Waals surface area contributed by atoms with Crippen molar-refractivity contribution >= 4 is 36.7 Å². The van der Waals surface area contributed by atoms with Gasteiger partial charge in [0, 0.05) is 11.3 Å². The van der Waals surface area contributed by atoms with Crippen molar-refractivity contribution in [3.8, 4) is 0 Å². The first kappa shape index (κ1) is 25.6. The lowest BCUT2D eigenvalue weighted by atomic mass is 10.0. The molecule has 0 aromatic rings. The molecule has 2 saturated carbocycles. The Bertz CT molecular complexity index is 754. The van der Waals surface area contributed by atoms with Crippen molar-refractivity contribution in [3.63, 3.8) is 0 Å². The lowest BCUT2D eigenvalue weighted by Gasteiger charge is -2.60. The molecule has 4 atom stereocenters. The molecule has 3 rings (SSSR count). The molecule has 0 aromatic heterocycles. The highest BCUT2D eigenvalue weighted by atomic mass is 31.5. The van der Waals surface area contributed by atoms with Crippen molar-refractivity contribution in [2.75, 3.05) is 0 Å². The van der Waals surface area contributed by atoms with Crippen LogP contribution >= 0.6 is 14.5 Å². The standard InChI is InChI=1S/C20H42F2O3P2Si3/c1-20(26(21,23)18-13-9-7-10-14-18)17-30(6,29(4,5)28(2,3)25-20)27(22,24)19-15-11-8-12-16-19/h18-19H,7-17H2,1-6H3. The average Bonchev–Trinajstić information content (AvgIpc) is 2.67. The van der Waals surface area contributed by atoms with E-state index in [0.717, 1.165) is 38.5 Å². The first-order chi connectivity index (χ1) is 13.6. The largest absolute Gasteiger partial charge is 0.406 e. The predicted molar refractivity (Wildman–Crippen MR) is 132 cm³/mol. The Kier molecular flexibility index (Phi) is 7.07. The molecule has 3 aliphatic rings. The molecule has 4 unspecified atom stereocenters. The maximum Gasteiger partial charge on any atom is 0.275 e. The summed E-state index contributed by atoms with van der Waals surface area (Å²) < 4.78 is 67.5.